The zero-order valence-electron chi connectivity index (χ0n) is 14.1. The van der Waals surface area contributed by atoms with E-state index in [1.807, 2.05) is 17.8 Å². The zero-order chi connectivity index (χ0) is 16.5. The van der Waals surface area contributed by atoms with Gasteiger partial charge in [0, 0.05) is 18.0 Å². The summed E-state index contributed by atoms with van der Waals surface area (Å²) >= 11 is 1.83. The summed E-state index contributed by atoms with van der Waals surface area (Å²) in [6.07, 6.45) is 0.376. The molecule has 0 heterocycles. The van der Waals surface area contributed by atoms with Crippen molar-refractivity contribution in [3.05, 3.63) is 65.7 Å². The lowest BCUT2D eigenvalue weighted by Gasteiger charge is -2.22. The number of benzene rings is 2. The van der Waals surface area contributed by atoms with Crippen molar-refractivity contribution in [3.8, 4) is 0 Å². The molecule has 0 aliphatic carbocycles. The summed E-state index contributed by atoms with van der Waals surface area (Å²) in [6, 6.07) is 18.8. The van der Waals surface area contributed by atoms with E-state index >= 15 is 0 Å². The van der Waals surface area contributed by atoms with Crippen molar-refractivity contribution in [1.82, 2.24) is 4.90 Å². The molecular formula is C20H27NOS. The first kappa shape index (κ1) is 18.1. The van der Waals surface area contributed by atoms with Crippen LogP contribution in [0.25, 0.3) is 0 Å². The van der Waals surface area contributed by atoms with Gasteiger partial charge in [0.05, 0.1) is 6.10 Å². The third-order valence-corrected chi connectivity index (χ3v) is 4.89. The summed E-state index contributed by atoms with van der Waals surface area (Å²) < 4.78 is 0. The number of aliphatic hydroxyl groups is 1. The minimum absolute atomic E-state index is 0.388. The largest absolute Gasteiger partial charge is 0.388 e. The van der Waals surface area contributed by atoms with E-state index in [0.717, 1.165) is 37.4 Å². The molecule has 2 rings (SSSR count). The SMILES string of the molecule is CCSc1ccc(C(O)CCN(CC)Cc2ccccc2)cc1. The molecule has 0 radical (unpaired) electrons. The smallest absolute Gasteiger partial charge is 0.0802 e. The van der Waals surface area contributed by atoms with Crippen LogP contribution in [-0.2, 0) is 6.54 Å². The quantitative estimate of drug-likeness (QED) is 0.672. The van der Waals surface area contributed by atoms with E-state index in [-0.39, 0.29) is 6.10 Å². The summed E-state index contributed by atoms with van der Waals surface area (Å²) in [4.78, 5) is 3.64. The van der Waals surface area contributed by atoms with Gasteiger partial charge in [0.15, 0.2) is 0 Å². The van der Waals surface area contributed by atoms with Gasteiger partial charge in [-0.1, -0.05) is 56.3 Å². The fourth-order valence-corrected chi connectivity index (χ4v) is 3.28. The maximum atomic E-state index is 10.4. The molecule has 124 valence electrons. The van der Waals surface area contributed by atoms with Crippen LogP contribution in [0.3, 0.4) is 0 Å². The van der Waals surface area contributed by atoms with E-state index in [0.29, 0.717) is 0 Å². The Morgan fingerprint density at radius 3 is 2.30 bits per heavy atom. The minimum atomic E-state index is -0.388. The van der Waals surface area contributed by atoms with Gasteiger partial charge in [0.25, 0.3) is 0 Å². The molecule has 0 amide bonds. The van der Waals surface area contributed by atoms with Crippen LogP contribution in [0.15, 0.2) is 59.5 Å². The summed E-state index contributed by atoms with van der Waals surface area (Å²) in [7, 11) is 0. The summed E-state index contributed by atoms with van der Waals surface area (Å²) in [6.45, 7) is 7.16. The average molecular weight is 330 g/mol. The first-order valence-electron chi connectivity index (χ1n) is 8.40. The molecule has 1 unspecified atom stereocenters. The summed E-state index contributed by atoms with van der Waals surface area (Å²) in [5.41, 5.74) is 2.34. The highest BCUT2D eigenvalue weighted by molar-refractivity contribution is 7.99. The standard InChI is InChI=1S/C20H27NOS/c1-3-21(16-17-8-6-5-7-9-17)15-14-20(22)18-10-12-19(13-11-18)23-4-2/h5-13,20,22H,3-4,14-16H2,1-2H3. The number of thioether (sulfide) groups is 1. The van der Waals surface area contributed by atoms with Gasteiger partial charge in [-0.25, -0.2) is 0 Å². The third-order valence-electron chi connectivity index (χ3n) is 3.99. The highest BCUT2D eigenvalue weighted by Crippen LogP contribution is 2.22. The normalized spacial score (nSPS) is 12.5. The Hall–Kier alpha value is -1.29. The maximum Gasteiger partial charge on any atom is 0.0802 e. The molecule has 0 saturated heterocycles. The van der Waals surface area contributed by atoms with Gasteiger partial charge < -0.3 is 5.11 Å². The Labute approximate surface area is 144 Å². The molecule has 2 nitrogen and oxygen atoms in total. The second kappa shape index (κ2) is 9.76. The van der Waals surface area contributed by atoms with Crippen LogP contribution in [0.4, 0.5) is 0 Å². The Morgan fingerprint density at radius 1 is 1.00 bits per heavy atom. The topological polar surface area (TPSA) is 23.5 Å². The highest BCUT2D eigenvalue weighted by atomic mass is 32.2. The van der Waals surface area contributed by atoms with Crippen molar-refractivity contribution in [1.29, 1.82) is 0 Å². The molecule has 0 bridgehead atoms. The Morgan fingerprint density at radius 2 is 1.70 bits per heavy atom. The lowest BCUT2D eigenvalue weighted by molar-refractivity contribution is 0.141. The molecule has 0 aliphatic rings. The van der Waals surface area contributed by atoms with Crippen molar-refractivity contribution in [2.75, 3.05) is 18.8 Å². The Bertz CT molecular complexity index is 556. The van der Waals surface area contributed by atoms with Crippen LogP contribution < -0.4 is 0 Å². The van der Waals surface area contributed by atoms with Crippen LogP contribution in [0.5, 0.6) is 0 Å². The fraction of sp³-hybridized carbons (Fsp3) is 0.400. The van der Waals surface area contributed by atoms with Crippen LogP contribution >= 0.6 is 11.8 Å². The lowest BCUT2D eigenvalue weighted by Crippen LogP contribution is -2.25. The first-order chi connectivity index (χ1) is 11.2. The molecule has 1 atom stereocenters. The Balaban J connectivity index is 1.85. The summed E-state index contributed by atoms with van der Waals surface area (Å²) in [5.74, 6) is 1.08. The van der Waals surface area contributed by atoms with Crippen LogP contribution in [0, 0.1) is 0 Å². The van der Waals surface area contributed by atoms with Crippen molar-refractivity contribution in [2.24, 2.45) is 0 Å². The Kier molecular flexibility index (Phi) is 7.66. The highest BCUT2D eigenvalue weighted by Gasteiger charge is 2.10. The molecular weight excluding hydrogens is 302 g/mol. The molecule has 0 aromatic heterocycles. The molecule has 0 aliphatic heterocycles. The van der Waals surface area contributed by atoms with Crippen LogP contribution in [-0.4, -0.2) is 28.8 Å². The van der Waals surface area contributed by atoms with Gasteiger partial charge >= 0.3 is 0 Å². The number of rotatable bonds is 9. The molecule has 1 N–H and O–H groups in total. The first-order valence-corrected chi connectivity index (χ1v) is 9.38. The van der Waals surface area contributed by atoms with E-state index in [9.17, 15) is 5.11 Å². The van der Waals surface area contributed by atoms with Crippen molar-refractivity contribution >= 4 is 11.8 Å². The number of nitrogens with zero attached hydrogens (tertiary/aromatic N) is 1. The lowest BCUT2D eigenvalue weighted by atomic mass is 10.1. The van der Waals surface area contributed by atoms with E-state index < -0.39 is 0 Å². The van der Waals surface area contributed by atoms with E-state index in [2.05, 4.69) is 67.3 Å². The van der Waals surface area contributed by atoms with Gasteiger partial charge in [0.2, 0.25) is 0 Å². The van der Waals surface area contributed by atoms with Crippen LogP contribution in [0.2, 0.25) is 0 Å². The monoisotopic (exact) mass is 329 g/mol. The third kappa shape index (κ3) is 6.02. The van der Waals surface area contributed by atoms with Crippen molar-refractivity contribution in [3.63, 3.8) is 0 Å². The van der Waals surface area contributed by atoms with Crippen LogP contribution in [0.1, 0.15) is 37.5 Å². The van der Waals surface area contributed by atoms with Crippen molar-refractivity contribution < 1.29 is 5.11 Å². The maximum absolute atomic E-state index is 10.4. The predicted octanol–water partition coefficient (Wildman–Crippen LogP) is 4.74. The minimum Gasteiger partial charge on any atom is -0.388 e. The molecule has 0 fully saturated rings. The second-order valence-corrected chi connectivity index (χ2v) is 7.00. The van der Waals surface area contributed by atoms with Gasteiger partial charge in [-0.3, -0.25) is 4.90 Å². The van der Waals surface area contributed by atoms with Gasteiger partial charge in [-0.05, 0) is 42.0 Å². The number of hydrogen-bond donors (Lipinski definition) is 1. The second-order valence-electron chi connectivity index (χ2n) is 5.66. The number of aliphatic hydroxyl groups excluding tert-OH is 1. The molecule has 23 heavy (non-hydrogen) atoms. The predicted molar refractivity (Wildman–Crippen MR) is 99.8 cm³/mol. The van der Waals surface area contributed by atoms with E-state index in [1.165, 1.54) is 10.5 Å². The average Bonchev–Trinajstić information content (AvgIpc) is 2.60. The van der Waals surface area contributed by atoms with E-state index in [1.54, 1.807) is 0 Å². The molecule has 2 aromatic rings. The summed E-state index contributed by atoms with van der Waals surface area (Å²) in [5, 5.41) is 10.4. The van der Waals surface area contributed by atoms with E-state index in [4.69, 9.17) is 0 Å². The molecule has 0 spiro atoms. The van der Waals surface area contributed by atoms with Crippen molar-refractivity contribution in [2.45, 2.75) is 37.8 Å². The zero-order valence-corrected chi connectivity index (χ0v) is 14.9. The number of hydrogen-bond acceptors (Lipinski definition) is 3. The molecule has 0 saturated carbocycles. The van der Waals surface area contributed by atoms with Gasteiger partial charge in [0.1, 0.15) is 0 Å². The molecule has 3 heteroatoms. The fourth-order valence-electron chi connectivity index (χ4n) is 2.61. The van der Waals surface area contributed by atoms with Gasteiger partial charge in [-0.15, -0.1) is 11.8 Å². The molecule has 2 aromatic carbocycles. The van der Waals surface area contributed by atoms with Gasteiger partial charge in [-0.2, -0.15) is 0 Å².